The number of anilines is 1. The highest BCUT2D eigenvalue weighted by atomic mass is 16.5. The number of hydrogen-bond donors (Lipinski definition) is 1. The summed E-state index contributed by atoms with van der Waals surface area (Å²) in [5, 5.41) is 17.6. The molecular formula is C18H18N5O3-. The van der Waals surface area contributed by atoms with Gasteiger partial charge in [0.15, 0.2) is 0 Å². The van der Waals surface area contributed by atoms with Gasteiger partial charge in [-0.25, -0.2) is 0 Å². The Morgan fingerprint density at radius 1 is 1.12 bits per heavy atom. The van der Waals surface area contributed by atoms with E-state index in [0.29, 0.717) is 17.9 Å². The first-order chi connectivity index (χ1) is 12.7. The van der Waals surface area contributed by atoms with Crippen LogP contribution in [0.25, 0.3) is 0 Å². The number of tetrazole rings is 1. The number of nitrogens with zero attached hydrogens (tertiary/aromatic N) is 4. The summed E-state index contributed by atoms with van der Waals surface area (Å²) in [6.07, 6.45) is 0.395. The van der Waals surface area contributed by atoms with Crippen molar-refractivity contribution >= 4 is 11.6 Å². The Bertz CT molecular complexity index is 850. The predicted octanol–water partition coefficient (Wildman–Crippen LogP) is 1.81. The molecule has 1 aromatic heterocycles. The third kappa shape index (κ3) is 4.15. The molecule has 0 radical (unpaired) electrons. The molecule has 0 aliphatic carbocycles. The van der Waals surface area contributed by atoms with E-state index >= 15 is 0 Å². The summed E-state index contributed by atoms with van der Waals surface area (Å²) in [4.78, 5) is 12.8. The number of aromatic nitrogens is 4. The maximum absolute atomic E-state index is 12.8. The molecule has 1 N–H and O–H groups in total. The van der Waals surface area contributed by atoms with E-state index in [0.717, 1.165) is 11.3 Å². The molecule has 1 atom stereocenters. The van der Waals surface area contributed by atoms with Crippen LogP contribution in [-0.2, 0) is 11.2 Å². The van der Waals surface area contributed by atoms with Gasteiger partial charge in [0.25, 0.3) is 0 Å². The van der Waals surface area contributed by atoms with Crippen LogP contribution in [0.5, 0.6) is 11.5 Å². The van der Waals surface area contributed by atoms with Gasteiger partial charge in [0, 0.05) is 11.5 Å². The molecule has 0 aliphatic heterocycles. The Hall–Kier alpha value is -3.42. The van der Waals surface area contributed by atoms with E-state index in [9.17, 15) is 4.79 Å². The van der Waals surface area contributed by atoms with Gasteiger partial charge < -0.3 is 19.9 Å². The number of hydrogen-bond acceptors (Lipinski definition) is 6. The molecule has 0 aliphatic rings. The van der Waals surface area contributed by atoms with Crippen molar-refractivity contribution < 1.29 is 14.3 Å². The summed E-state index contributed by atoms with van der Waals surface area (Å²) in [6, 6.07) is 14.6. The van der Waals surface area contributed by atoms with Crippen LogP contribution in [0.4, 0.5) is 5.69 Å². The van der Waals surface area contributed by atoms with Crippen LogP contribution in [-0.4, -0.2) is 35.7 Å². The first-order valence-electron chi connectivity index (χ1n) is 7.96. The van der Waals surface area contributed by atoms with E-state index in [4.69, 9.17) is 9.47 Å². The van der Waals surface area contributed by atoms with Gasteiger partial charge in [-0.15, -0.1) is 0 Å². The fourth-order valence-electron chi connectivity index (χ4n) is 2.53. The van der Waals surface area contributed by atoms with E-state index < -0.39 is 5.92 Å². The minimum Gasteiger partial charge on any atom is -0.497 e. The highest BCUT2D eigenvalue weighted by molar-refractivity contribution is 5.95. The van der Waals surface area contributed by atoms with E-state index in [2.05, 4.69) is 25.9 Å². The molecule has 8 heteroatoms. The molecule has 0 bridgehead atoms. The smallest absolute Gasteiger partial charge is 0.232 e. The fraction of sp³-hybridized carbons (Fsp3) is 0.222. The van der Waals surface area contributed by atoms with Crippen LogP contribution >= 0.6 is 0 Å². The topological polar surface area (TPSA) is 100 Å². The lowest BCUT2D eigenvalue weighted by molar-refractivity contribution is -0.117. The molecule has 134 valence electrons. The molecule has 0 saturated heterocycles. The summed E-state index contributed by atoms with van der Waals surface area (Å²) in [5.74, 6) is 0.839. The predicted molar refractivity (Wildman–Crippen MR) is 94.2 cm³/mol. The van der Waals surface area contributed by atoms with Gasteiger partial charge >= 0.3 is 0 Å². The third-order valence-electron chi connectivity index (χ3n) is 3.89. The van der Waals surface area contributed by atoms with Crippen LogP contribution < -0.4 is 19.9 Å². The molecule has 0 saturated carbocycles. The molecule has 26 heavy (non-hydrogen) atoms. The molecule has 8 nitrogen and oxygen atoms in total. The summed E-state index contributed by atoms with van der Waals surface area (Å²) < 4.78 is 10.4. The van der Waals surface area contributed by atoms with Crippen LogP contribution in [0.1, 0.15) is 17.3 Å². The van der Waals surface area contributed by atoms with Gasteiger partial charge in [0.2, 0.25) is 5.91 Å². The monoisotopic (exact) mass is 352 g/mol. The van der Waals surface area contributed by atoms with Gasteiger partial charge in [-0.3, -0.25) is 15.1 Å². The molecule has 1 heterocycles. The zero-order chi connectivity index (χ0) is 18.4. The fourth-order valence-corrected chi connectivity index (χ4v) is 2.53. The lowest BCUT2D eigenvalue weighted by Gasteiger charge is -2.17. The first kappa shape index (κ1) is 17.4. The van der Waals surface area contributed by atoms with Gasteiger partial charge in [-0.05, 0) is 48.4 Å². The minimum atomic E-state index is -0.626. The second kappa shape index (κ2) is 8.11. The number of rotatable bonds is 7. The maximum atomic E-state index is 12.8. The average molecular weight is 352 g/mol. The van der Waals surface area contributed by atoms with Crippen molar-refractivity contribution in [2.75, 3.05) is 19.5 Å². The maximum Gasteiger partial charge on any atom is 0.232 e. The van der Waals surface area contributed by atoms with Crippen molar-refractivity contribution in [3.05, 3.63) is 59.9 Å². The molecule has 3 rings (SSSR count). The summed E-state index contributed by atoms with van der Waals surface area (Å²) in [7, 11) is 3.19. The van der Waals surface area contributed by atoms with E-state index in [1.165, 1.54) is 0 Å². The van der Waals surface area contributed by atoms with E-state index in [1.54, 1.807) is 38.5 Å². The number of nitrogens with one attached hydrogen (secondary N) is 1. The molecule has 0 unspecified atom stereocenters. The van der Waals surface area contributed by atoms with E-state index in [1.807, 2.05) is 24.3 Å². The zero-order valence-corrected chi connectivity index (χ0v) is 14.4. The standard InChI is InChI=1S/C18H19N5O3/c1-25-14-8-6-13(7-9-14)19-18(24)16(17-20-22-23-21-17)11-12-4-3-5-15(10-12)26-2/h3-10,16H,11H2,1-2H3,(H2,19,20,21,22,23,24)/p-1/t16-/m0/s1. The normalized spacial score (nSPS) is 11.6. The van der Waals surface area contributed by atoms with Gasteiger partial charge in [0.05, 0.1) is 20.1 Å². The SMILES string of the molecule is COc1ccc(NC(=O)[C@@H](Cc2cccc(OC)c2)c2nnn[n-]2)cc1. The van der Waals surface area contributed by atoms with Crippen molar-refractivity contribution in [1.82, 2.24) is 20.6 Å². The number of benzene rings is 2. The highest BCUT2D eigenvalue weighted by Crippen LogP contribution is 2.23. The van der Waals surface area contributed by atoms with Crippen molar-refractivity contribution in [3.8, 4) is 11.5 Å². The Balaban J connectivity index is 1.80. The number of ether oxygens (including phenoxy) is 2. The van der Waals surface area contributed by atoms with Gasteiger partial charge in [0.1, 0.15) is 11.5 Å². The molecule has 0 fully saturated rings. The van der Waals surface area contributed by atoms with Crippen molar-refractivity contribution in [2.24, 2.45) is 0 Å². The number of methoxy groups -OCH3 is 2. The quantitative estimate of drug-likeness (QED) is 0.692. The number of carbonyl (C=O) groups is 1. The third-order valence-corrected chi connectivity index (χ3v) is 3.89. The minimum absolute atomic E-state index is 0.243. The molecule has 1 amide bonds. The summed E-state index contributed by atoms with van der Waals surface area (Å²) in [5.41, 5.74) is 1.57. The second-order valence-corrected chi connectivity index (χ2v) is 5.56. The van der Waals surface area contributed by atoms with Crippen LogP contribution in [0.2, 0.25) is 0 Å². The van der Waals surface area contributed by atoms with Crippen molar-refractivity contribution in [3.63, 3.8) is 0 Å². The lowest BCUT2D eigenvalue weighted by Crippen LogP contribution is -2.24. The number of carbonyl (C=O) groups excluding carboxylic acids is 1. The lowest BCUT2D eigenvalue weighted by atomic mass is 9.97. The van der Waals surface area contributed by atoms with E-state index in [-0.39, 0.29) is 11.7 Å². The second-order valence-electron chi connectivity index (χ2n) is 5.56. The first-order valence-corrected chi connectivity index (χ1v) is 7.96. The van der Waals surface area contributed by atoms with Gasteiger partial charge in [-0.2, -0.15) is 5.21 Å². The number of amides is 1. The molecule has 2 aromatic carbocycles. The highest BCUT2D eigenvalue weighted by Gasteiger charge is 2.21. The Kier molecular flexibility index (Phi) is 5.43. The van der Waals surface area contributed by atoms with Crippen LogP contribution in [0.3, 0.4) is 0 Å². The average Bonchev–Trinajstić information content (AvgIpc) is 3.21. The molecule has 3 aromatic rings. The van der Waals surface area contributed by atoms with Crippen LogP contribution in [0.15, 0.2) is 48.5 Å². The zero-order valence-electron chi connectivity index (χ0n) is 14.4. The van der Waals surface area contributed by atoms with Crippen LogP contribution in [0, 0.1) is 0 Å². The molecular weight excluding hydrogens is 334 g/mol. The summed E-state index contributed by atoms with van der Waals surface area (Å²) >= 11 is 0. The van der Waals surface area contributed by atoms with Crippen molar-refractivity contribution in [1.29, 1.82) is 0 Å². The van der Waals surface area contributed by atoms with Crippen molar-refractivity contribution in [2.45, 2.75) is 12.3 Å². The largest absolute Gasteiger partial charge is 0.497 e. The molecule has 0 spiro atoms. The Morgan fingerprint density at radius 2 is 1.88 bits per heavy atom. The Labute approximate surface area is 150 Å². The van der Waals surface area contributed by atoms with Gasteiger partial charge in [-0.1, -0.05) is 12.1 Å². The Morgan fingerprint density at radius 3 is 2.54 bits per heavy atom. The summed E-state index contributed by atoms with van der Waals surface area (Å²) in [6.45, 7) is 0.